The van der Waals surface area contributed by atoms with Gasteiger partial charge in [0.2, 0.25) is 0 Å². The van der Waals surface area contributed by atoms with E-state index < -0.39 is 11.8 Å². The van der Waals surface area contributed by atoms with Gasteiger partial charge in [-0.05, 0) is 37.3 Å². The molecule has 0 saturated heterocycles. The molecule has 4 aromatic rings. The normalized spacial score (nSPS) is 13.2. The molecule has 31 heavy (non-hydrogen) atoms. The van der Waals surface area contributed by atoms with Gasteiger partial charge in [-0.3, -0.25) is 9.59 Å². The molecule has 7 nitrogen and oxygen atoms in total. The molecule has 2 aromatic heterocycles. The highest BCUT2D eigenvalue weighted by atomic mass is 35.5. The summed E-state index contributed by atoms with van der Waals surface area (Å²) in [5.74, 6) is -0.334. The van der Waals surface area contributed by atoms with Gasteiger partial charge >= 0.3 is 0 Å². The molecule has 0 saturated carbocycles. The lowest BCUT2D eigenvalue weighted by molar-refractivity contribution is 0.0926. The lowest BCUT2D eigenvalue weighted by Gasteiger charge is -2.14. The number of carbonyl (C=O) groups excluding carboxylic acids is 2. The van der Waals surface area contributed by atoms with Crippen LogP contribution in [-0.4, -0.2) is 33.7 Å². The number of carbonyl (C=O) groups is 2. The monoisotopic (exact) mass is 452 g/mol. The first-order chi connectivity index (χ1) is 14.9. The van der Waals surface area contributed by atoms with Crippen LogP contribution in [0.5, 0.6) is 5.75 Å². The summed E-state index contributed by atoms with van der Waals surface area (Å²) in [6.45, 7) is 1.77. The molecule has 3 heterocycles. The molecule has 154 valence electrons. The summed E-state index contributed by atoms with van der Waals surface area (Å²) < 4.78 is 7.06. The fourth-order valence-corrected chi connectivity index (χ4v) is 4.08. The highest BCUT2D eigenvalue weighted by Gasteiger charge is 2.40. The number of hydrogen-bond acceptors (Lipinski definition) is 5. The van der Waals surface area contributed by atoms with Crippen LogP contribution in [0.1, 0.15) is 26.4 Å². The standard InChI is InChI=1S/C22H14Cl2N4O3/c1-11-18-19-13(21(29)27(22(19)30)12-7-8-14(23)15(24)9-12)10-25-20(18)28(26-11)16-5-3-4-6-17(16)31-2/h3-10H,1-2H3. The summed E-state index contributed by atoms with van der Waals surface area (Å²) >= 11 is 12.1. The van der Waals surface area contributed by atoms with Crippen molar-refractivity contribution in [2.24, 2.45) is 0 Å². The Morgan fingerprint density at radius 3 is 2.52 bits per heavy atom. The molecular formula is C22H14Cl2N4O3. The molecule has 0 radical (unpaired) electrons. The second-order valence-corrected chi connectivity index (χ2v) is 7.77. The molecule has 1 aliphatic heterocycles. The van der Waals surface area contributed by atoms with Crippen LogP contribution in [0.2, 0.25) is 10.0 Å². The summed E-state index contributed by atoms with van der Waals surface area (Å²) in [5.41, 5.74) is 2.52. The van der Waals surface area contributed by atoms with Crippen LogP contribution < -0.4 is 9.64 Å². The van der Waals surface area contributed by atoms with Gasteiger partial charge in [-0.25, -0.2) is 14.6 Å². The quantitative estimate of drug-likeness (QED) is 0.415. The Balaban J connectivity index is 1.72. The lowest BCUT2D eigenvalue weighted by Crippen LogP contribution is -2.29. The number of para-hydroxylation sites is 2. The number of fused-ring (bicyclic) bond motifs is 3. The Labute approximate surface area is 186 Å². The van der Waals surface area contributed by atoms with Crippen molar-refractivity contribution in [2.45, 2.75) is 6.92 Å². The van der Waals surface area contributed by atoms with E-state index in [0.717, 1.165) is 4.90 Å². The Morgan fingerprint density at radius 2 is 1.77 bits per heavy atom. The van der Waals surface area contributed by atoms with Gasteiger partial charge in [0, 0.05) is 6.20 Å². The maximum absolute atomic E-state index is 13.4. The van der Waals surface area contributed by atoms with Gasteiger partial charge in [-0.2, -0.15) is 5.10 Å². The number of methoxy groups -OCH3 is 1. The summed E-state index contributed by atoms with van der Waals surface area (Å²) in [7, 11) is 1.57. The molecule has 0 unspecified atom stereocenters. The molecule has 5 rings (SSSR count). The van der Waals surface area contributed by atoms with E-state index in [2.05, 4.69) is 10.1 Å². The molecular weight excluding hydrogens is 439 g/mol. The second-order valence-electron chi connectivity index (χ2n) is 6.96. The number of aryl methyl sites for hydroxylation is 1. The third-order valence-electron chi connectivity index (χ3n) is 5.20. The lowest BCUT2D eigenvalue weighted by atomic mass is 10.1. The van der Waals surface area contributed by atoms with E-state index in [0.29, 0.717) is 38.9 Å². The van der Waals surface area contributed by atoms with Crippen LogP contribution in [0.3, 0.4) is 0 Å². The molecule has 0 fully saturated rings. The van der Waals surface area contributed by atoms with E-state index in [1.165, 1.54) is 12.3 Å². The van der Waals surface area contributed by atoms with Crippen molar-refractivity contribution in [1.29, 1.82) is 0 Å². The van der Waals surface area contributed by atoms with Gasteiger partial charge in [0.1, 0.15) is 11.4 Å². The van der Waals surface area contributed by atoms with Crippen LogP contribution in [0.15, 0.2) is 48.7 Å². The number of pyridine rings is 1. The number of amides is 2. The number of benzene rings is 2. The summed E-state index contributed by atoms with van der Waals surface area (Å²) in [5, 5.41) is 5.68. The Kier molecular flexibility index (Phi) is 4.46. The van der Waals surface area contributed by atoms with Crippen molar-refractivity contribution in [3.63, 3.8) is 0 Å². The number of imide groups is 1. The van der Waals surface area contributed by atoms with Gasteiger partial charge in [-0.15, -0.1) is 0 Å². The number of ether oxygens (including phenoxy) is 1. The maximum Gasteiger partial charge on any atom is 0.267 e. The van der Waals surface area contributed by atoms with Crippen molar-refractivity contribution in [1.82, 2.24) is 14.8 Å². The minimum atomic E-state index is -0.475. The fourth-order valence-electron chi connectivity index (χ4n) is 3.79. The zero-order chi connectivity index (χ0) is 21.9. The van der Waals surface area contributed by atoms with Crippen molar-refractivity contribution in [3.05, 3.63) is 75.5 Å². The zero-order valence-electron chi connectivity index (χ0n) is 16.4. The minimum Gasteiger partial charge on any atom is -0.494 e. The number of nitrogens with zero attached hydrogens (tertiary/aromatic N) is 4. The molecule has 0 spiro atoms. The topological polar surface area (TPSA) is 77.3 Å². The number of anilines is 1. The van der Waals surface area contributed by atoms with Crippen LogP contribution in [-0.2, 0) is 0 Å². The van der Waals surface area contributed by atoms with E-state index in [1.807, 2.05) is 24.3 Å². The third kappa shape index (κ3) is 2.81. The smallest absolute Gasteiger partial charge is 0.267 e. The van der Waals surface area contributed by atoms with Crippen molar-refractivity contribution >= 4 is 51.7 Å². The van der Waals surface area contributed by atoms with Crippen LogP contribution in [0.4, 0.5) is 5.69 Å². The van der Waals surface area contributed by atoms with E-state index in [4.69, 9.17) is 27.9 Å². The van der Waals surface area contributed by atoms with Gasteiger partial charge in [0.05, 0.1) is 45.0 Å². The number of halogens is 2. The predicted octanol–water partition coefficient (Wildman–Crippen LogP) is 4.84. The summed E-state index contributed by atoms with van der Waals surface area (Å²) in [6.07, 6.45) is 1.41. The van der Waals surface area contributed by atoms with E-state index in [1.54, 1.807) is 30.8 Å². The highest BCUT2D eigenvalue weighted by Crippen LogP contribution is 2.37. The minimum absolute atomic E-state index is 0.214. The Morgan fingerprint density at radius 1 is 1.00 bits per heavy atom. The average Bonchev–Trinajstić information content (AvgIpc) is 3.24. The first-order valence-corrected chi connectivity index (χ1v) is 10.0. The van der Waals surface area contributed by atoms with Gasteiger partial charge in [-0.1, -0.05) is 35.3 Å². The Hall–Kier alpha value is -3.42. The summed E-state index contributed by atoms with van der Waals surface area (Å²) in [4.78, 5) is 32.0. The fraction of sp³-hybridized carbons (Fsp3) is 0.0909. The van der Waals surface area contributed by atoms with Crippen molar-refractivity contribution < 1.29 is 14.3 Å². The first kappa shape index (κ1) is 19.5. The van der Waals surface area contributed by atoms with Gasteiger partial charge in [0.15, 0.2) is 5.65 Å². The molecule has 0 aliphatic carbocycles. The molecule has 1 aliphatic rings. The second kappa shape index (κ2) is 7.08. The van der Waals surface area contributed by atoms with Crippen LogP contribution in [0, 0.1) is 6.92 Å². The van der Waals surface area contributed by atoms with Gasteiger partial charge in [0.25, 0.3) is 11.8 Å². The van der Waals surface area contributed by atoms with Crippen LogP contribution >= 0.6 is 23.2 Å². The first-order valence-electron chi connectivity index (χ1n) is 9.28. The SMILES string of the molecule is COc1ccccc1-n1nc(C)c2c3c(cnc21)C(=O)N(c1ccc(Cl)c(Cl)c1)C3=O. The number of aromatic nitrogens is 3. The van der Waals surface area contributed by atoms with Crippen molar-refractivity contribution in [2.75, 3.05) is 12.0 Å². The number of hydrogen-bond donors (Lipinski definition) is 0. The van der Waals surface area contributed by atoms with E-state index in [-0.39, 0.29) is 16.1 Å². The Bertz CT molecular complexity index is 1410. The van der Waals surface area contributed by atoms with E-state index in [9.17, 15) is 9.59 Å². The molecule has 2 aromatic carbocycles. The molecule has 9 heteroatoms. The number of rotatable bonds is 3. The molecule has 2 amide bonds. The zero-order valence-corrected chi connectivity index (χ0v) is 17.9. The highest BCUT2D eigenvalue weighted by molar-refractivity contribution is 6.43. The maximum atomic E-state index is 13.4. The van der Waals surface area contributed by atoms with E-state index >= 15 is 0 Å². The average molecular weight is 453 g/mol. The molecule has 0 atom stereocenters. The molecule has 0 bridgehead atoms. The van der Waals surface area contributed by atoms with Crippen LogP contribution in [0.25, 0.3) is 16.7 Å². The predicted molar refractivity (Wildman–Crippen MR) is 118 cm³/mol. The molecule has 0 N–H and O–H groups in total. The van der Waals surface area contributed by atoms with Gasteiger partial charge < -0.3 is 4.74 Å². The van der Waals surface area contributed by atoms with Crippen molar-refractivity contribution in [3.8, 4) is 11.4 Å². The summed E-state index contributed by atoms with van der Waals surface area (Å²) in [6, 6.07) is 12.0. The third-order valence-corrected chi connectivity index (χ3v) is 5.94. The largest absolute Gasteiger partial charge is 0.494 e.